The van der Waals surface area contributed by atoms with E-state index in [1.54, 1.807) is 18.2 Å². The van der Waals surface area contributed by atoms with Crippen molar-refractivity contribution in [2.45, 2.75) is 36.2 Å². The first-order valence-corrected chi connectivity index (χ1v) is 11.3. The Balaban J connectivity index is 2.36. The van der Waals surface area contributed by atoms with Crippen molar-refractivity contribution in [3.8, 4) is 0 Å². The minimum Gasteiger partial charge on any atom is -0.354 e. The summed E-state index contributed by atoms with van der Waals surface area (Å²) in [5, 5.41) is 13.9. The monoisotopic (exact) mass is 410 g/mol. The zero-order valence-corrected chi connectivity index (χ0v) is 17.2. The van der Waals surface area contributed by atoms with Gasteiger partial charge in [-0.25, -0.2) is 8.42 Å². The summed E-state index contributed by atoms with van der Waals surface area (Å²) in [5.74, 6) is 0.373. The van der Waals surface area contributed by atoms with E-state index in [2.05, 4.69) is 5.32 Å². The van der Waals surface area contributed by atoms with Gasteiger partial charge < -0.3 is 5.32 Å². The molecule has 0 radical (unpaired) electrons. The van der Waals surface area contributed by atoms with Crippen molar-refractivity contribution in [1.29, 1.82) is 0 Å². The van der Waals surface area contributed by atoms with Crippen molar-refractivity contribution in [2.75, 3.05) is 11.6 Å². The summed E-state index contributed by atoms with van der Waals surface area (Å²) in [7, 11) is -4.74. The molecule has 27 heavy (non-hydrogen) atoms. The third-order valence-electron chi connectivity index (χ3n) is 3.76. The molecule has 7 nitrogen and oxygen atoms in total. The van der Waals surface area contributed by atoms with Crippen molar-refractivity contribution in [3.05, 3.63) is 58.1 Å². The highest BCUT2D eigenvalue weighted by Crippen LogP contribution is 2.29. The second-order valence-electron chi connectivity index (χ2n) is 7.14. The van der Waals surface area contributed by atoms with E-state index < -0.39 is 25.6 Å². The van der Waals surface area contributed by atoms with Gasteiger partial charge in [-0.2, -0.15) is 0 Å². The molecule has 0 bridgehead atoms. The van der Waals surface area contributed by atoms with E-state index >= 15 is 0 Å². The SMILES string of the molecule is CC(C)(C)S(=O)Cc1cccc(Nc2ccc([N+](=O)[O-])cc2S(C)(=O)=O)c1. The van der Waals surface area contributed by atoms with Crippen LogP contribution >= 0.6 is 0 Å². The molecule has 1 N–H and O–H groups in total. The van der Waals surface area contributed by atoms with E-state index in [0.717, 1.165) is 17.9 Å². The summed E-state index contributed by atoms with van der Waals surface area (Å²) in [4.78, 5) is 10.1. The Bertz CT molecular complexity index is 995. The number of anilines is 2. The van der Waals surface area contributed by atoms with Gasteiger partial charge >= 0.3 is 0 Å². The maximum atomic E-state index is 12.3. The number of hydrogen-bond donors (Lipinski definition) is 1. The molecule has 0 fully saturated rings. The highest BCUT2D eigenvalue weighted by atomic mass is 32.2. The summed E-state index contributed by atoms with van der Waals surface area (Å²) in [6, 6.07) is 10.8. The van der Waals surface area contributed by atoms with Gasteiger partial charge in [-0.1, -0.05) is 12.1 Å². The maximum absolute atomic E-state index is 12.3. The van der Waals surface area contributed by atoms with Gasteiger partial charge in [-0.05, 0) is 44.5 Å². The molecule has 0 aliphatic rings. The van der Waals surface area contributed by atoms with Crippen LogP contribution in [0, 0.1) is 10.1 Å². The van der Waals surface area contributed by atoms with E-state index in [0.29, 0.717) is 11.4 Å². The molecule has 0 aliphatic carbocycles. The van der Waals surface area contributed by atoms with E-state index in [1.807, 2.05) is 26.8 Å². The fraction of sp³-hybridized carbons (Fsp3) is 0.333. The van der Waals surface area contributed by atoms with Crippen LogP contribution in [0.3, 0.4) is 0 Å². The van der Waals surface area contributed by atoms with Gasteiger partial charge in [0.1, 0.15) is 0 Å². The van der Waals surface area contributed by atoms with E-state index in [-0.39, 0.29) is 21.0 Å². The minimum absolute atomic E-state index is 0.152. The lowest BCUT2D eigenvalue weighted by atomic mass is 10.2. The van der Waals surface area contributed by atoms with Crippen molar-refractivity contribution in [2.24, 2.45) is 0 Å². The number of benzene rings is 2. The molecule has 2 rings (SSSR count). The largest absolute Gasteiger partial charge is 0.354 e. The third kappa shape index (κ3) is 5.61. The van der Waals surface area contributed by atoms with Crippen LogP contribution in [0.5, 0.6) is 0 Å². The highest BCUT2D eigenvalue weighted by Gasteiger charge is 2.20. The van der Waals surface area contributed by atoms with Crippen molar-refractivity contribution < 1.29 is 17.6 Å². The molecule has 0 aromatic heterocycles. The lowest BCUT2D eigenvalue weighted by Gasteiger charge is -2.18. The molecular weight excluding hydrogens is 388 g/mol. The summed E-state index contributed by atoms with van der Waals surface area (Å²) in [6.45, 7) is 5.71. The summed E-state index contributed by atoms with van der Waals surface area (Å²) >= 11 is 0. The Morgan fingerprint density at radius 1 is 1.15 bits per heavy atom. The van der Waals surface area contributed by atoms with E-state index in [1.165, 1.54) is 12.1 Å². The van der Waals surface area contributed by atoms with Crippen molar-refractivity contribution in [1.82, 2.24) is 0 Å². The standard InChI is InChI=1S/C18H22N2O5S2/c1-18(2,3)26(23)12-13-6-5-7-14(10-13)19-16-9-8-15(20(21)22)11-17(16)27(4,24)25/h5-11,19H,12H2,1-4H3. The predicted molar refractivity (Wildman–Crippen MR) is 108 cm³/mol. The number of sulfone groups is 1. The number of nitro groups is 1. The normalized spacial score (nSPS) is 13.2. The number of nitro benzene ring substituents is 1. The van der Waals surface area contributed by atoms with Crippen LogP contribution in [-0.2, 0) is 26.4 Å². The molecular formula is C18H22N2O5S2. The molecule has 1 unspecified atom stereocenters. The fourth-order valence-corrected chi connectivity index (χ4v) is 4.07. The van der Waals surface area contributed by atoms with E-state index in [9.17, 15) is 22.7 Å². The summed E-state index contributed by atoms with van der Waals surface area (Å²) in [6.07, 6.45) is 1.00. The quantitative estimate of drug-likeness (QED) is 0.574. The van der Waals surface area contributed by atoms with Crippen molar-refractivity contribution >= 4 is 37.7 Å². The first-order chi connectivity index (χ1) is 12.4. The van der Waals surface area contributed by atoms with Crippen LogP contribution in [0.1, 0.15) is 26.3 Å². The first kappa shape index (κ1) is 21.0. The average molecular weight is 411 g/mol. The van der Waals surface area contributed by atoms with Crippen LogP contribution in [-0.4, -0.2) is 28.6 Å². The molecule has 0 saturated carbocycles. The zero-order valence-electron chi connectivity index (χ0n) is 15.6. The van der Waals surface area contributed by atoms with Gasteiger partial charge in [0.15, 0.2) is 9.84 Å². The number of rotatable bonds is 6. The molecule has 0 saturated heterocycles. The molecule has 0 heterocycles. The molecule has 1 atom stereocenters. The Morgan fingerprint density at radius 2 is 1.81 bits per heavy atom. The van der Waals surface area contributed by atoms with E-state index in [4.69, 9.17) is 0 Å². The maximum Gasteiger partial charge on any atom is 0.270 e. The Morgan fingerprint density at radius 3 is 2.37 bits per heavy atom. The second-order valence-corrected chi connectivity index (χ2v) is 11.3. The average Bonchev–Trinajstić information content (AvgIpc) is 2.53. The Labute approximate surface area is 161 Å². The number of nitrogens with one attached hydrogen (secondary N) is 1. The molecule has 0 aliphatic heterocycles. The Kier molecular flexibility index (Phi) is 6.06. The molecule has 2 aromatic rings. The zero-order chi connectivity index (χ0) is 20.4. The van der Waals surface area contributed by atoms with Crippen LogP contribution in [0.2, 0.25) is 0 Å². The Hall–Kier alpha value is -2.26. The first-order valence-electron chi connectivity index (χ1n) is 8.11. The van der Waals surface area contributed by atoms with Crippen LogP contribution < -0.4 is 5.32 Å². The smallest absolute Gasteiger partial charge is 0.270 e. The van der Waals surface area contributed by atoms with Crippen molar-refractivity contribution in [3.63, 3.8) is 0 Å². The number of non-ortho nitro benzene ring substituents is 1. The summed E-state index contributed by atoms with van der Waals surface area (Å²) < 4.78 is 36.1. The van der Waals surface area contributed by atoms with Gasteiger partial charge in [0.05, 0.1) is 15.5 Å². The fourth-order valence-electron chi connectivity index (χ4n) is 2.30. The van der Waals surface area contributed by atoms with Gasteiger partial charge in [-0.15, -0.1) is 0 Å². The van der Waals surface area contributed by atoms with Crippen LogP contribution in [0.4, 0.5) is 17.1 Å². The highest BCUT2D eigenvalue weighted by molar-refractivity contribution is 7.90. The lowest BCUT2D eigenvalue weighted by Crippen LogP contribution is -2.22. The van der Waals surface area contributed by atoms with Gasteiger partial charge in [-0.3, -0.25) is 14.3 Å². The minimum atomic E-state index is -3.67. The second kappa shape index (κ2) is 7.77. The molecule has 0 amide bonds. The summed E-state index contributed by atoms with van der Waals surface area (Å²) in [5.41, 5.74) is 1.40. The lowest BCUT2D eigenvalue weighted by molar-refractivity contribution is -0.385. The molecule has 2 aromatic carbocycles. The molecule has 0 spiro atoms. The van der Waals surface area contributed by atoms with Gasteiger partial charge in [0.2, 0.25) is 0 Å². The van der Waals surface area contributed by atoms with Gasteiger partial charge in [0, 0.05) is 45.4 Å². The number of hydrogen-bond acceptors (Lipinski definition) is 6. The molecule has 146 valence electrons. The molecule has 9 heteroatoms. The topological polar surface area (TPSA) is 106 Å². The van der Waals surface area contributed by atoms with Gasteiger partial charge in [0.25, 0.3) is 5.69 Å². The van der Waals surface area contributed by atoms with Crippen LogP contribution in [0.15, 0.2) is 47.4 Å². The van der Waals surface area contributed by atoms with Crippen LogP contribution in [0.25, 0.3) is 0 Å². The number of nitrogens with zero attached hydrogens (tertiary/aromatic N) is 1. The predicted octanol–water partition coefficient (Wildman–Crippen LogP) is 3.79. The third-order valence-corrected chi connectivity index (χ3v) is 6.86.